The van der Waals surface area contributed by atoms with Gasteiger partial charge in [0.1, 0.15) is 5.75 Å². The van der Waals surface area contributed by atoms with Crippen LogP contribution in [0.1, 0.15) is 30.4 Å². The molecule has 3 rings (SSSR count). The maximum Gasteiger partial charge on any atom is 0.313 e. The number of nitrogens with zero attached hydrogens (tertiary/aromatic N) is 5. The molecule has 0 aliphatic carbocycles. The van der Waals surface area contributed by atoms with Gasteiger partial charge in [-0.15, -0.1) is 5.11 Å². The highest BCUT2D eigenvalue weighted by Crippen LogP contribution is 2.34. The van der Waals surface area contributed by atoms with Crippen molar-refractivity contribution in [1.82, 2.24) is 4.90 Å². The van der Waals surface area contributed by atoms with Gasteiger partial charge in [0.05, 0.1) is 28.0 Å². The first-order valence-corrected chi connectivity index (χ1v) is 10.1. The van der Waals surface area contributed by atoms with E-state index in [2.05, 4.69) is 10.2 Å². The molecule has 1 heterocycles. The van der Waals surface area contributed by atoms with Crippen LogP contribution in [-0.4, -0.2) is 39.1 Å². The molecule has 1 aliphatic rings. The molecule has 13 heteroatoms. The maximum atomic E-state index is 12.2. The summed E-state index contributed by atoms with van der Waals surface area (Å²) in [7, 11) is 0. The minimum absolute atomic E-state index is 0.0467. The van der Waals surface area contributed by atoms with Crippen LogP contribution in [0.2, 0.25) is 0 Å². The predicted octanol–water partition coefficient (Wildman–Crippen LogP) is 3.98. The minimum Gasteiger partial charge on any atom is -0.426 e. The Hall–Kier alpha value is -4.55. The molecule has 0 saturated carbocycles. The van der Waals surface area contributed by atoms with E-state index in [4.69, 9.17) is 4.74 Å². The number of rotatable bonds is 8. The first-order chi connectivity index (χ1) is 16.1. The SMILES string of the molecule is Cc1cc(N=Nc2ccc([N+](=O)[O-])cc2[N+](=O)[O-])cc(C)c1OC(=O)CCN1C(=O)CCC1=O. The number of nitro benzene ring substituents is 2. The van der Waals surface area contributed by atoms with E-state index in [0.29, 0.717) is 16.8 Å². The lowest BCUT2D eigenvalue weighted by molar-refractivity contribution is -0.393. The number of hydrogen-bond acceptors (Lipinski definition) is 10. The van der Waals surface area contributed by atoms with Crippen molar-refractivity contribution in [2.75, 3.05) is 6.54 Å². The molecule has 0 radical (unpaired) electrons. The Labute approximate surface area is 192 Å². The van der Waals surface area contributed by atoms with Crippen LogP contribution in [0.5, 0.6) is 5.75 Å². The number of benzene rings is 2. The lowest BCUT2D eigenvalue weighted by atomic mass is 10.1. The average Bonchev–Trinajstić information content (AvgIpc) is 3.10. The Kier molecular flexibility index (Phi) is 7.04. The summed E-state index contributed by atoms with van der Waals surface area (Å²) < 4.78 is 5.40. The number of ether oxygens (including phenoxy) is 1. The fraction of sp³-hybridized carbons (Fsp3) is 0.286. The lowest BCUT2D eigenvalue weighted by Crippen LogP contribution is -2.32. The third kappa shape index (κ3) is 5.43. The Morgan fingerprint density at radius 3 is 2.18 bits per heavy atom. The number of amides is 2. The second-order valence-electron chi connectivity index (χ2n) is 7.46. The van der Waals surface area contributed by atoms with Gasteiger partial charge < -0.3 is 4.74 Å². The highest BCUT2D eigenvalue weighted by molar-refractivity contribution is 6.02. The van der Waals surface area contributed by atoms with E-state index >= 15 is 0 Å². The Morgan fingerprint density at radius 1 is 1.00 bits per heavy atom. The standard InChI is InChI=1S/C21H19N5O8/c1-12-9-14(22-23-16-4-3-15(25(30)31)11-17(16)26(32)33)10-13(2)21(12)34-20(29)7-8-24-18(27)5-6-19(24)28/h3-4,9-11H,5-8H2,1-2H3. The van der Waals surface area contributed by atoms with Gasteiger partial charge in [-0.1, -0.05) is 0 Å². The molecule has 1 saturated heterocycles. The quantitative estimate of drug-likeness (QED) is 0.139. The number of aryl methyl sites for hydroxylation is 2. The van der Waals surface area contributed by atoms with Gasteiger partial charge in [-0.2, -0.15) is 5.11 Å². The lowest BCUT2D eigenvalue weighted by Gasteiger charge is -2.14. The van der Waals surface area contributed by atoms with E-state index in [9.17, 15) is 34.6 Å². The summed E-state index contributed by atoms with van der Waals surface area (Å²) in [6.07, 6.45) is 0.137. The molecule has 1 fully saturated rings. The molecule has 0 N–H and O–H groups in total. The first-order valence-electron chi connectivity index (χ1n) is 10.1. The molecule has 2 amide bonds. The second-order valence-corrected chi connectivity index (χ2v) is 7.46. The van der Waals surface area contributed by atoms with Gasteiger partial charge in [0.15, 0.2) is 5.69 Å². The van der Waals surface area contributed by atoms with Crippen LogP contribution in [-0.2, 0) is 14.4 Å². The largest absolute Gasteiger partial charge is 0.426 e. The summed E-state index contributed by atoms with van der Waals surface area (Å²) in [6, 6.07) is 6.11. The maximum absolute atomic E-state index is 12.2. The highest BCUT2D eigenvalue weighted by atomic mass is 16.6. The number of hydrogen-bond donors (Lipinski definition) is 0. The molecule has 1 aliphatic heterocycles. The number of azo groups is 1. The van der Waals surface area contributed by atoms with Crippen LogP contribution in [0, 0.1) is 34.1 Å². The molecule has 0 spiro atoms. The average molecular weight is 469 g/mol. The van der Waals surface area contributed by atoms with Gasteiger partial charge >= 0.3 is 11.7 Å². The van der Waals surface area contributed by atoms with Gasteiger partial charge in [-0.25, -0.2) is 0 Å². The van der Waals surface area contributed by atoms with E-state index in [1.165, 1.54) is 0 Å². The predicted molar refractivity (Wildman–Crippen MR) is 116 cm³/mol. The molecule has 13 nitrogen and oxygen atoms in total. The molecule has 0 atom stereocenters. The monoisotopic (exact) mass is 469 g/mol. The van der Waals surface area contributed by atoms with Gasteiger partial charge in [0.2, 0.25) is 11.8 Å². The molecule has 0 aromatic heterocycles. The van der Waals surface area contributed by atoms with E-state index in [1.54, 1.807) is 26.0 Å². The molecule has 2 aromatic rings. The van der Waals surface area contributed by atoms with E-state index in [1.807, 2.05) is 0 Å². The van der Waals surface area contributed by atoms with Crippen LogP contribution in [0.15, 0.2) is 40.6 Å². The van der Waals surface area contributed by atoms with Crippen molar-refractivity contribution in [3.8, 4) is 5.75 Å². The minimum atomic E-state index is -0.788. The van der Waals surface area contributed by atoms with Gasteiger partial charge in [0.25, 0.3) is 5.69 Å². The van der Waals surface area contributed by atoms with Crippen LogP contribution in [0.4, 0.5) is 22.7 Å². The zero-order valence-corrected chi connectivity index (χ0v) is 18.2. The van der Waals surface area contributed by atoms with Crippen molar-refractivity contribution in [3.05, 3.63) is 61.7 Å². The first kappa shape index (κ1) is 24.1. The van der Waals surface area contributed by atoms with Crippen LogP contribution in [0.3, 0.4) is 0 Å². The smallest absolute Gasteiger partial charge is 0.313 e. The summed E-state index contributed by atoms with van der Waals surface area (Å²) in [5.74, 6) is -0.958. The number of likely N-dealkylation sites (tertiary alicyclic amines) is 1. The molecule has 0 unspecified atom stereocenters. The topological polar surface area (TPSA) is 175 Å². The van der Waals surface area contributed by atoms with Crippen LogP contribution >= 0.6 is 0 Å². The summed E-state index contributed by atoms with van der Waals surface area (Å²) in [6.45, 7) is 3.28. The Balaban J connectivity index is 1.73. The van der Waals surface area contributed by atoms with Crippen LogP contribution in [0.25, 0.3) is 0 Å². The van der Waals surface area contributed by atoms with Gasteiger partial charge in [-0.3, -0.25) is 39.5 Å². The van der Waals surface area contributed by atoms with Gasteiger partial charge in [0, 0.05) is 25.5 Å². The van der Waals surface area contributed by atoms with Crippen molar-refractivity contribution >= 4 is 40.5 Å². The number of carbonyl (C=O) groups is 3. The zero-order valence-electron chi connectivity index (χ0n) is 18.2. The molecule has 176 valence electrons. The van der Waals surface area contributed by atoms with Crippen molar-refractivity contribution in [2.45, 2.75) is 33.1 Å². The van der Waals surface area contributed by atoms with Crippen LogP contribution < -0.4 is 4.74 Å². The van der Waals surface area contributed by atoms with Crippen molar-refractivity contribution in [2.24, 2.45) is 10.2 Å². The summed E-state index contributed by atoms with van der Waals surface area (Å²) in [5, 5.41) is 29.9. The molecular formula is C21H19N5O8. The van der Waals surface area contributed by atoms with Crippen molar-refractivity contribution in [3.63, 3.8) is 0 Å². The third-order valence-electron chi connectivity index (χ3n) is 5.00. The van der Waals surface area contributed by atoms with E-state index in [0.717, 1.165) is 23.1 Å². The highest BCUT2D eigenvalue weighted by Gasteiger charge is 2.29. The summed E-state index contributed by atoms with van der Waals surface area (Å²) in [4.78, 5) is 57.1. The summed E-state index contributed by atoms with van der Waals surface area (Å²) >= 11 is 0. The zero-order chi connectivity index (χ0) is 25.0. The Morgan fingerprint density at radius 2 is 1.62 bits per heavy atom. The van der Waals surface area contributed by atoms with E-state index in [-0.39, 0.29) is 49.1 Å². The number of esters is 1. The number of non-ortho nitro benzene ring substituents is 1. The molecular weight excluding hydrogens is 450 g/mol. The fourth-order valence-corrected chi connectivity index (χ4v) is 3.35. The third-order valence-corrected chi connectivity index (χ3v) is 5.00. The summed E-state index contributed by atoms with van der Waals surface area (Å²) in [5.41, 5.74) is 0.222. The normalized spacial score (nSPS) is 13.5. The number of nitro groups is 2. The van der Waals surface area contributed by atoms with Gasteiger partial charge in [-0.05, 0) is 43.2 Å². The van der Waals surface area contributed by atoms with Crippen molar-refractivity contribution < 1.29 is 29.0 Å². The molecule has 34 heavy (non-hydrogen) atoms. The fourth-order valence-electron chi connectivity index (χ4n) is 3.35. The Bertz CT molecular complexity index is 1200. The number of imide groups is 1. The number of carbonyl (C=O) groups excluding carboxylic acids is 3. The second kappa shape index (κ2) is 9.94. The van der Waals surface area contributed by atoms with Crippen molar-refractivity contribution in [1.29, 1.82) is 0 Å². The molecule has 2 aromatic carbocycles. The van der Waals surface area contributed by atoms with E-state index < -0.39 is 27.2 Å². The molecule has 0 bridgehead atoms.